The Morgan fingerprint density at radius 1 is 0.955 bits per heavy atom. The first-order valence-electron chi connectivity index (χ1n) is 7.94. The van der Waals surface area contributed by atoms with Crippen molar-refractivity contribution in [1.82, 2.24) is 9.80 Å². The fourth-order valence-corrected chi connectivity index (χ4v) is 3.04. The van der Waals surface area contributed by atoms with E-state index in [0.29, 0.717) is 0 Å². The van der Waals surface area contributed by atoms with Gasteiger partial charge in [0.1, 0.15) is 0 Å². The third-order valence-electron chi connectivity index (χ3n) is 4.54. The normalized spacial score (nSPS) is 20.2. The van der Waals surface area contributed by atoms with E-state index in [1.165, 1.54) is 16.7 Å². The highest BCUT2D eigenvalue weighted by Gasteiger charge is 2.23. The molecule has 0 amide bonds. The first-order chi connectivity index (χ1) is 10.8. The van der Waals surface area contributed by atoms with E-state index in [-0.39, 0.29) is 12.6 Å². The number of hydrogen-bond donors (Lipinski definition) is 1. The Balaban J connectivity index is 1.64. The highest BCUT2D eigenvalue weighted by Crippen LogP contribution is 2.20. The summed E-state index contributed by atoms with van der Waals surface area (Å²) in [6, 6.07) is 19.6. The monoisotopic (exact) mass is 296 g/mol. The van der Waals surface area contributed by atoms with Crippen molar-refractivity contribution >= 4 is 0 Å². The molecule has 3 rings (SSSR count). The van der Waals surface area contributed by atoms with E-state index in [4.69, 9.17) is 0 Å². The summed E-state index contributed by atoms with van der Waals surface area (Å²) < 4.78 is 0. The van der Waals surface area contributed by atoms with Crippen molar-refractivity contribution < 1.29 is 5.11 Å². The van der Waals surface area contributed by atoms with Gasteiger partial charge in [0.15, 0.2) is 0 Å². The maximum absolute atomic E-state index is 9.44. The molecule has 1 heterocycles. The molecule has 0 spiro atoms. The van der Waals surface area contributed by atoms with Crippen molar-refractivity contribution in [2.45, 2.75) is 12.6 Å². The Labute approximate surface area is 132 Å². The number of aliphatic hydroxyl groups excluding tert-OH is 1. The van der Waals surface area contributed by atoms with E-state index in [1.54, 1.807) is 0 Å². The van der Waals surface area contributed by atoms with Gasteiger partial charge < -0.3 is 5.11 Å². The molecule has 1 aliphatic rings. The van der Waals surface area contributed by atoms with Crippen LogP contribution >= 0.6 is 0 Å². The van der Waals surface area contributed by atoms with Crippen LogP contribution in [0.4, 0.5) is 0 Å². The molecule has 1 aliphatic heterocycles. The molecule has 1 N–H and O–H groups in total. The molecule has 1 saturated heterocycles. The zero-order chi connectivity index (χ0) is 15.4. The zero-order valence-corrected chi connectivity index (χ0v) is 13.2. The Hall–Kier alpha value is -1.68. The second-order valence-corrected chi connectivity index (χ2v) is 6.12. The predicted molar refractivity (Wildman–Crippen MR) is 90.7 cm³/mol. The zero-order valence-electron chi connectivity index (χ0n) is 13.2. The van der Waals surface area contributed by atoms with Crippen LogP contribution in [0, 0.1) is 0 Å². The average molecular weight is 296 g/mol. The van der Waals surface area contributed by atoms with E-state index in [2.05, 4.69) is 65.4 Å². The van der Waals surface area contributed by atoms with Gasteiger partial charge in [0.25, 0.3) is 0 Å². The van der Waals surface area contributed by atoms with Crippen LogP contribution in [0.1, 0.15) is 5.56 Å². The molecule has 1 atom stereocenters. The SMILES string of the molecule is CN1CCN(Cc2ccc(-c3ccccc3)cc2)C[C@H]1CO. The highest BCUT2D eigenvalue weighted by molar-refractivity contribution is 5.63. The van der Waals surface area contributed by atoms with Crippen LogP contribution < -0.4 is 0 Å². The van der Waals surface area contributed by atoms with Gasteiger partial charge in [-0.3, -0.25) is 9.80 Å². The standard InChI is InChI=1S/C19H24N2O/c1-20-11-12-21(14-19(20)15-22)13-16-7-9-18(10-8-16)17-5-3-2-4-6-17/h2-10,19,22H,11-15H2,1H3/t19-/m0/s1. The predicted octanol–water partition coefficient (Wildman–Crippen LogP) is 2.46. The summed E-state index contributed by atoms with van der Waals surface area (Å²) in [5.41, 5.74) is 3.85. The van der Waals surface area contributed by atoms with Gasteiger partial charge in [0, 0.05) is 32.2 Å². The summed E-state index contributed by atoms with van der Waals surface area (Å²) in [7, 11) is 2.09. The minimum atomic E-state index is 0.236. The molecule has 2 aromatic carbocycles. The van der Waals surface area contributed by atoms with Gasteiger partial charge in [-0.2, -0.15) is 0 Å². The van der Waals surface area contributed by atoms with Crippen molar-refractivity contribution in [2.75, 3.05) is 33.3 Å². The first kappa shape index (κ1) is 15.2. The van der Waals surface area contributed by atoms with E-state index < -0.39 is 0 Å². The maximum atomic E-state index is 9.44. The van der Waals surface area contributed by atoms with Crippen molar-refractivity contribution in [1.29, 1.82) is 0 Å². The molecule has 3 heteroatoms. The lowest BCUT2D eigenvalue weighted by atomic mass is 10.0. The molecule has 0 aliphatic carbocycles. The second-order valence-electron chi connectivity index (χ2n) is 6.12. The third kappa shape index (κ3) is 3.55. The summed E-state index contributed by atoms with van der Waals surface area (Å²) in [5.74, 6) is 0. The molecule has 0 bridgehead atoms. The van der Waals surface area contributed by atoms with Crippen LogP contribution in [0.5, 0.6) is 0 Å². The molecular weight excluding hydrogens is 272 g/mol. The molecule has 0 saturated carbocycles. The van der Waals surface area contributed by atoms with Crippen molar-refractivity contribution in [2.24, 2.45) is 0 Å². The molecule has 2 aromatic rings. The molecule has 0 aromatic heterocycles. The summed E-state index contributed by atoms with van der Waals surface area (Å²) >= 11 is 0. The average Bonchev–Trinajstić information content (AvgIpc) is 2.58. The lowest BCUT2D eigenvalue weighted by Crippen LogP contribution is -2.52. The van der Waals surface area contributed by atoms with Gasteiger partial charge in [-0.05, 0) is 23.7 Å². The van der Waals surface area contributed by atoms with Crippen LogP contribution in [0.3, 0.4) is 0 Å². The van der Waals surface area contributed by atoms with E-state index in [9.17, 15) is 5.11 Å². The Bertz CT molecular complexity index is 582. The summed E-state index contributed by atoms with van der Waals surface area (Å²) in [6.45, 7) is 4.22. The summed E-state index contributed by atoms with van der Waals surface area (Å²) in [6.07, 6.45) is 0. The van der Waals surface area contributed by atoms with E-state index in [0.717, 1.165) is 26.2 Å². The highest BCUT2D eigenvalue weighted by atomic mass is 16.3. The Morgan fingerprint density at radius 2 is 1.64 bits per heavy atom. The van der Waals surface area contributed by atoms with Crippen LogP contribution in [-0.4, -0.2) is 54.2 Å². The summed E-state index contributed by atoms with van der Waals surface area (Å²) in [5, 5.41) is 9.44. The van der Waals surface area contributed by atoms with Crippen LogP contribution in [0.15, 0.2) is 54.6 Å². The van der Waals surface area contributed by atoms with Crippen molar-refractivity contribution in [3.63, 3.8) is 0 Å². The quantitative estimate of drug-likeness (QED) is 0.939. The number of likely N-dealkylation sites (N-methyl/N-ethyl adjacent to an activating group) is 1. The maximum Gasteiger partial charge on any atom is 0.0599 e. The minimum Gasteiger partial charge on any atom is -0.395 e. The Kier molecular flexibility index (Phi) is 4.88. The minimum absolute atomic E-state index is 0.236. The fraction of sp³-hybridized carbons (Fsp3) is 0.368. The van der Waals surface area contributed by atoms with Gasteiger partial charge in [-0.1, -0.05) is 54.6 Å². The lowest BCUT2D eigenvalue weighted by molar-refractivity contribution is 0.0540. The molecule has 1 fully saturated rings. The number of rotatable bonds is 4. The van der Waals surface area contributed by atoms with Gasteiger partial charge in [-0.15, -0.1) is 0 Å². The van der Waals surface area contributed by atoms with E-state index in [1.807, 2.05) is 6.07 Å². The molecule has 22 heavy (non-hydrogen) atoms. The summed E-state index contributed by atoms with van der Waals surface area (Å²) in [4.78, 5) is 4.67. The third-order valence-corrected chi connectivity index (χ3v) is 4.54. The van der Waals surface area contributed by atoms with Crippen LogP contribution in [0.2, 0.25) is 0 Å². The van der Waals surface area contributed by atoms with Gasteiger partial charge in [0.05, 0.1) is 6.61 Å². The largest absolute Gasteiger partial charge is 0.395 e. The van der Waals surface area contributed by atoms with Gasteiger partial charge >= 0.3 is 0 Å². The number of hydrogen-bond acceptors (Lipinski definition) is 3. The number of piperazine rings is 1. The molecular formula is C19H24N2O. The van der Waals surface area contributed by atoms with E-state index >= 15 is 0 Å². The number of benzene rings is 2. The van der Waals surface area contributed by atoms with Gasteiger partial charge in [0.2, 0.25) is 0 Å². The fourth-order valence-electron chi connectivity index (χ4n) is 3.04. The van der Waals surface area contributed by atoms with Gasteiger partial charge in [-0.25, -0.2) is 0 Å². The topological polar surface area (TPSA) is 26.7 Å². The molecule has 3 nitrogen and oxygen atoms in total. The molecule has 0 unspecified atom stereocenters. The number of aliphatic hydroxyl groups is 1. The molecule has 0 radical (unpaired) electrons. The first-order valence-corrected chi connectivity index (χ1v) is 7.94. The number of nitrogens with zero attached hydrogens (tertiary/aromatic N) is 2. The van der Waals surface area contributed by atoms with Crippen LogP contribution in [0.25, 0.3) is 11.1 Å². The Morgan fingerprint density at radius 3 is 2.32 bits per heavy atom. The van der Waals surface area contributed by atoms with Crippen molar-refractivity contribution in [3.8, 4) is 11.1 Å². The lowest BCUT2D eigenvalue weighted by Gasteiger charge is -2.38. The smallest absolute Gasteiger partial charge is 0.0599 e. The molecule has 116 valence electrons. The van der Waals surface area contributed by atoms with Crippen LogP contribution in [-0.2, 0) is 6.54 Å². The van der Waals surface area contributed by atoms with Crippen molar-refractivity contribution in [3.05, 3.63) is 60.2 Å². The second kappa shape index (κ2) is 7.05.